The van der Waals surface area contributed by atoms with Crippen LogP contribution in [0.2, 0.25) is 0 Å². The lowest BCUT2D eigenvalue weighted by Gasteiger charge is -2.25. The van der Waals surface area contributed by atoms with Crippen LogP contribution < -0.4 is 16.0 Å². The van der Waals surface area contributed by atoms with Crippen molar-refractivity contribution in [2.45, 2.75) is 31.3 Å². The number of hydrogen-bond acceptors (Lipinski definition) is 6. The summed E-state index contributed by atoms with van der Waals surface area (Å²) < 4.78 is 0. The third-order valence-electron chi connectivity index (χ3n) is 4.86. The standard InChI is InChI=1S/C17H18N4O4/c22-13-7-12(15(23)20-13)21-16(24)10-4-1-5-11(14(10)17(21)25)19-9-3-2-6-18-8-9/h1,4-5,9,12,18-19H,2-3,6-8H2,(H,20,22,23)/t9-,12?/m1/s1. The molecule has 8 heteroatoms. The molecule has 2 atom stereocenters. The number of imide groups is 2. The number of carbonyl (C=O) groups is 4. The Kier molecular flexibility index (Phi) is 3.76. The first kappa shape index (κ1) is 15.8. The van der Waals surface area contributed by atoms with Gasteiger partial charge in [0, 0.05) is 18.3 Å². The zero-order chi connectivity index (χ0) is 17.6. The van der Waals surface area contributed by atoms with Crippen LogP contribution in [0.25, 0.3) is 0 Å². The van der Waals surface area contributed by atoms with Crippen LogP contribution in [0.5, 0.6) is 0 Å². The average molecular weight is 342 g/mol. The molecular weight excluding hydrogens is 324 g/mol. The van der Waals surface area contributed by atoms with E-state index in [1.807, 2.05) is 0 Å². The first-order valence-corrected chi connectivity index (χ1v) is 8.38. The number of fused-ring (bicyclic) bond motifs is 1. The summed E-state index contributed by atoms with van der Waals surface area (Å²) in [6.45, 7) is 1.76. The molecule has 0 radical (unpaired) electrons. The van der Waals surface area contributed by atoms with Crippen molar-refractivity contribution in [3.63, 3.8) is 0 Å². The number of benzene rings is 1. The van der Waals surface area contributed by atoms with Gasteiger partial charge in [0.05, 0.1) is 17.5 Å². The van der Waals surface area contributed by atoms with E-state index >= 15 is 0 Å². The molecule has 0 spiro atoms. The molecule has 1 aromatic carbocycles. The minimum atomic E-state index is -1.07. The van der Waals surface area contributed by atoms with E-state index in [4.69, 9.17) is 0 Å². The molecule has 25 heavy (non-hydrogen) atoms. The lowest BCUT2D eigenvalue weighted by atomic mass is 10.0. The summed E-state index contributed by atoms with van der Waals surface area (Å²) >= 11 is 0. The van der Waals surface area contributed by atoms with Crippen LogP contribution in [-0.2, 0) is 9.59 Å². The van der Waals surface area contributed by atoms with E-state index in [0.29, 0.717) is 5.69 Å². The number of carbonyl (C=O) groups excluding carboxylic acids is 4. The third-order valence-corrected chi connectivity index (χ3v) is 4.86. The zero-order valence-corrected chi connectivity index (χ0v) is 13.5. The van der Waals surface area contributed by atoms with Gasteiger partial charge in [-0.3, -0.25) is 29.4 Å². The Morgan fingerprint density at radius 1 is 1.12 bits per heavy atom. The topological polar surface area (TPSA) is 108 Å². The van der Waals surface area contributed by atoms with E-state index in [9.17, 15) is 19.2 Å². The number of anilines is 1. The minimum absolute atomic E-state index is 0.175. The first-order chi connectivity index (χ1) is 12.1. The van der Waals surface area contributed by atoms with Crippen molar-refractivity contribution in [1.29, 1.82) is 0 Å². The molecule has 130 valence electrons. The molecular formula is C17H18N4O4. The molecule has 4 amide bonds. The van der Waals surface area contributed by atoms with Gasteiger partial charge in [0.2, 0.25) is 11.8 Å². The summed E-state index contributed by atoms with van der Waals surface area (Å²) in [5.41, 5.74) is 1.15. The van der Waals surface area contributed by atoms with Crippen molar-refractivity contribution < 1.29 is 19.2 Å². The Balaban J connectivity index is 1.65. The van der Waals surface area contributed by atoms with Gasteiger partial charge in [-0.1, -0.05) is 6.07 Å². The van der Waals surface area contributed by atoms with Crippen molar-refractivity contribution in [1.82, 2.24) is 15.5 Å². The predicted molar refractivity (Wildman–Crippen MR) is 88.0 cm³/mol. The number of rotatable bonds is 3. The van der Waals surface area contributed by atoms with Gasteiger partial charge in [0.15, 0.2) is 0 Å². The smallest absolute Gasteiger partial charge is 0.264 e. The average Bonchev–Trinajstić information content (AvgIpc) is 3.05. The minimum Gasteiger partial charge on any atom is -0.380 e. The summed E-state index contributed by atoms with van der Waals surface area (Å²) in [5.74, 6) is -2.13. The maximum Gasteiger partial charge on any atom is 0.264 e. The summed E-state index contributed by atoms with van der Waals surface area (Å²) in [7, 11) is 0. The summed E-state index contributed by atoms with van der Waals surface area (Å²) in [4.78, 5) is 49.8. The monoisotopic (exact) mass is 342 g/mol. The van der Waals surface area contributed by atoms with Crippen LogP contribution >= 0.6 is 0 Å². The van der Waals surface area contributed by atoms with Crippen LogP contribution in [0, 0.1) is 0 Å². The molecule has 3 aliphatic rings. The first-order valence-electron chi connectivity index (χ1n) is 8.38. The quantitative estimate of drug-likeness (QED) is 0.660. The van der Waals surface area contributed by atoms with Crippen molar-refractivity contribution in [3.8, 4) is 0 Å². The maximum atomic E-state index is 12.9. The number of nitrogens with one attached hydrogen (secondary N) is 3. The highest BCUT2D eigenvalue weighted by molar-refractivity contribution is 6.26. The molecule has 2 fully saturated rings. The SMILES string of the molecule is O=C1CC(N2C(=O)c3cccc(N[C@@H]4CCCNC4)c3C2=O)C(=O)N1. The molecule has 1 aromatic rings. The van der Waals surface area contributed by atoms with Crippen LogP contribution in [-0.4, -0.2) is 53.7 Å². The Morgan fingerprint density at radius 3 is 2.64 bits per heavy atom. The van der Waals surface area contributed by atoms with Crippen LogP contribution in [0.15, 0.2) is 18.2 Å². The van der Waals surface area contributed by atoms with Gasteiger partial charge < -0.3 is 10.6 Å². The van der Waals surface area contributed by atoms with E-state index in [-0.39, 0.29) is 23.6 Å². The Labute approximate surface area is 143 Å². The van der Waals surface area contributed by atoms with Gasteiger partial charge in [-0.15, -0.1) is 0 Å². The van der Waals surface area contributed by atoms with Gasteiger partial charge in [0.1, 0.15) is 6.04 Å². The van der Waals surface area contributed by atoms with Gasteiger partial charge in [0.25, 0.3) is 11.8 Å². The van der Waals surface area contributed by atoms with Crippen molar-refractivity contribution >= 4 is 29.3 Å². The zero-order valence-electron chi connectivity index (χ0n) is 13.5. The molecule has 0 aliphatic carbocycles. The van der Waals surface area contributed by atoms with Gasteiger partial charge >= 0.3 is 0 Å². The Hall–Kier alpha value is -2.74. The van der Waals surface area contributed by atoms with Crippen molar-refractivity contribution in [3.05, 3.63) is 29.3 Å². The van der Waals surface area contributed by atoms with E-state index in [0.717, 1.165) is 30.8 Å². The van der Waals surface area contributed by atoms with Gasteiger partial charge in [-0.05, 0) is 31.5 Å². The summed E-state index contributed by atoms with van der Waals surface area (Å²) in [5, 5.41) is 8.77. The van der Waals surface area contributed by atoms with Crippen molar-refractivity contribution in [2.75, 3.05) is 18.4 Å². The molecule has 3 aliphatic heterocycles. The second-order valence-electron chi connectivity index (χ2n) is 6.53. The van der Waals surface area contributed by atoms with Gasteiger partial charge in [-0.25, -0.2) is 0 Å². The highest BCUT2D eigenvalue weighted by Gasteiger charge is 2.47. The maximum absolute atomic E-state index is 12.9. The molecule has 4 rings (SSSR count). The number of hydrogen-bond donors (Lipinski definition) is 3. The predicted octanol–water partition coefficient (Wildman–Crippen LogP) is -0.138. The molecule has 8 nitrogen and oxygen atoms in total. The van der Waals surface area contributed by atoms with Crippen LogP contribution in [0.3, 0.4) is 0 Å². The second kappa shape index (κ2) is 5.96. The lowest BCUT2D eigenvalue weighted by Crippen LogP contribution is -2.44. The highest BCUT2D eigenvalue weighted by atomic mass is 16.2. The second-order valence-corrected chi connectivity index (χ2v) is 6.53. The molecule has 0 aromatic heterocycles. The lowest BCUT2D eigenvalue weighted by molar-refractivity contribution is -0.125. The fraction of sp³-hybridized carbons (Fsp3) is 0.412. The van der Waals surface area contributed by atoms with E-state index in [1.54, 1.807) is 18.2 Å². The fourth-order valence-electron chi connectivity index (χ4n) is 3.65. The number of piperidine rings is 1. The fourth-order valence-corrected chi connectivity index (χ4v) is 3.65. The van der Waals surface area contributed by atoms with E-state index in [2.05, 4.69) is 16.0 Å². The Morgan fingerprint density at radius 2 is 1.96 bits per heavy atom. The molecule has 0 bridgehead atoms. The van der Waals surface area contributed by atoms with Gasteiger partial charge in [-0.2, -0.15) is 0 Å². The number of nitrogens with zero attached hydrogens (tertiary/aromatic N) is 1. The molecule has 0 saturated carbocycles. The summed E-state index contributed by atoms with van der Waals surface area (Å²) in [6.07, 6.45) is 1.83. The number of amides is 4. The van der Waals surface area contributed by atoms with E-state index in [1.165, 1.54) is 0 Å². The highest BCUT2D eigenvalue weighted by Crippen LogP contribution is 2.32. The third kappa shape index (κ3) is 2.58. The molecule has 1 unspecified atom stereocenters. The van der Waals surface area contributed by atoms with Crippen molar-refractivity contribution in [2.24, 2.45) is 0 Å². The largest absolute Gasteiger partial charge is 0.380 e. The van der Waals surface area contributed by atoms with E-state index < -0.39 is 29.7 Å². The van der Waals surface area contributed by atoms with Crippen LogP contribution in [0.1, 0.15) is 40.0 Å². The molecule has 3 N–H and O–H groups in total. The van der Waals surface area contributed by atoms with Crippen LogP contribution in [0.4, 0.5) is 5.69 Å². The molecule has 3 heterocycles. The normalized spacial score (nSPS) is 26.0. The summed E-state index contributed by atoms with van der Waals surface area (Å²) in [6, 6.07) is 4.17. The molecule has 2 saturated heterocycles. The Bertz CT molecular complexity index is 785.